The van der Waals surface area contributed by atoms with E-state index in [1.807, 2.05) is 0 Å². The van der Waals surface area contributed by atoms with Crippen LogP contribution < -0.4 is 10.6 Å². The molecule has 0 saturated heterocycles. The first kappa shape index (κ1) is 23.3. The van der Waals surface area contributed by atoms with Gasteiger partial charge in [0.1, 0.15) is 0 Å². The van der Waals surface area contributed by atoms with E-state index in [1.165, 1.54) is 70.9 Å². The minimum Gasteiger partial charge on any atom is -0.314 e. The van der Waals surface area contributed by atoms with Gasteiger partial charge in [-0.15, -0.1) is 0 Å². The van der Waals surface area contributed by atoms with E-state index in [-0.39, 0.29) is 0 Å². The van der Waals surface area contributed by atoms with Crippen LogP contribution in [0.4, 0.5) is 0 Å². The predicted octanol–water partition coefficient (Wildman–Crippen LogP) is 7.33. The third-order valence-corrected chi connectivity index (χ3v) is 12.1. The summed E-state index contributed by atoms with van der Waals surface area (Å²) in [4.78, 5) is 0. The maximum atomic E-state index is 4.11. The SMILES string of the molecule is C(CNC1CCCC2CC3CCCCC3CC21)CNC1CCCC2CC3CCCCC3CC21. The lowest BCUT2D eigenvalue weighted by molar-refractivity contribution is 0.0297. The molecule has 10 atom stereocenters. The zero-order valence-electron chi connectivity index (χ0n) is 21.6. The quantitative estimate of drug-likeness (QED) is 0.411. The molecule has 6 aliphatic carbocycles. The number of hydrogen-bond acceptors (Lipinski definition) is 2. The number of fused-ring (bicyclic) bond motifs is 4. The Hall–Kier alpha value is -0.0800. The minimum absolute atomic E-state index is 0.840. The molecule has 0 aromatic heterocycles. The van der Waals surface area contributed by atoms with E-state index in [9.17, 15) is 0 Å². The lowest BCUT2D eigenvalue weighted by atomic mass is 9.58. The van der Waals surface area contributed by atoms with E-state index in [0.29, 0.717) is 0 Å². The first-order valence-corrected chi connectivity index (χ1v) is 15.8. The molecule has 6 aliphatic rings. The van der Waals surface area contributed by atoms with Crippen molar-refractivity contribution >= 4 is 0 Å². The van der Waals surface area contributed by atoms with Crippen molar-refractivity contribution in [3.05, 3.63) is 0 Å². The summed E-state index contributed by atoms with van der Waals surface area (Å²) in [6, 6.07) is 1.68. The molecule has 188 valence electrons. The van der Waals surface area contributed by atoms with Gasteiger partial charge in [0.15, 0.2) is 0 Å². The Morgan fingerprint density at radius 1 is 0.394 bits per heavy atom. The second kappa shape index (κ2) is 10.9. The number of rotatable bonds is 6. The largest absolute Gasteiger partial charge is 0.314 e. The van der Waals surface area contributed by atoms with Gasteiger partial charge < -0.3 is 10.6 Å². The van der Waals surface area contributed by atoms with E-state index < -0.39 is 0 Å². The van der Waals surface area contributed by atoms with Crippen LogP contribution in [0.3, 0.4) is 0 Å². The zero-order chi connectivity index (χ0) is 22.0. The van der Waals surface area contributed by atoms with Crippen molar-refractivity contribution in [2.45, 2.75) is 134 Å². The molecule has 0 aromatic carbocycles. The molecule has 2 nitrogen and oxygen atoms in total. The van der Waals surface area contributed by atoms with E-state index in [1.54, 1.807) is 64.2 Å². The molecule has 6 rings (SSSR count). The van der Waals surface area contributed by atoms with Gasteiger partial charge in [0, 0.05) is 12.1 Å². The van der Waals surface area contributed by atoms with Gasteiger partial charge in [0.05, 0.1) is 0 Å². The van der Waals surface area contributed by atoms with Crippen LogP contribution in [0.1, 0.15) is 122 Å². The molecule has 33 heavy (non-hydrogen) atoms. The number of hydrogen-bond donors (Lipinski definition) is 2. The van der Waals surface area contributed by atoms with Crippen LogP contribution in [0.25, 0.3) is 0 Å². The molecular formula is C31H54N2. The Morgan fingerprint density at radius 3 is 1.24 bits per heavy atom. The van der Waals surface area contributed by atoms with E-state index in [0.717, 1.165) is 59.4 Å². The lowest BCUT2D eigenvalue weighted by Crippen LogP contribution is -2.49. The Bertz CT molecular complexity index is 566. The Balaban J connectivity index is 0.943. The topological polar surface area (TPSA) is 24.1 Å². The van der Waals surface area contributed by atoms with Gasteiger partial charge in [-0.25, -0.2) is 0 Å². The molecule has 10 unspecified atom stereocenters. The molecule has 0 bridgehead atoms. The predicted molar refractivity (Wildman–Crippen MR) is 139 cm³/mol. The van der Waals surface area contributed by atoms with E-state index in [4.69, 9.17) is 0 Å². The van der Waals surface area contributed by atoms with Crippen LogP contribution in [-0.4, -0.2) is 25.2 Å². The standard InChI is InChI=1S/C31H54N2/c1-3-10-24-20-28-26(18-22(24)8-1)12-5-14-30(28)32-16-7-17-33-31-15-6-13-27-19-23-9-2-4-11-25(23)21-29(27)31/h22-33H,1-21H2. The maximum absolute atomic E-state index is 4.11. The highest BCUT2D eigenvalue weighted by atomic mass is 15.0. The van der Waals surface area contributed by atoms with Gasteiger partial charge in [-0.05, 0) is 105 Å². The first-order chi connectivity index (χ1) is 16.3. The van der Waals surface area contributed by atoms with Crippen LogP contribution in [-0.2, 0) is 0 Å². The summed E-state index contributed by atoms with van der Waals surface area (Å²) in [6.07, 6.45) is 28.9. The van der Waals surface area contributed by atoms with Gasteiger partial charge in [-0.2, -0.15) is 0 Å². The number of nitrogens with one attached hydrogen (secondary N) is 2. The van der Waals surface area contributed by atoms with Crippen molar-refractivity contribution in [1.29, 1.82) is 0 Å². The van der Waals surface area contributed by atoms with Crippen LogP contribution >= 0.6 is 0 Å². The summed E-state index contributed by atoms with van der Waals surface area (Å²) < 4.78 is 0. The lowest BCUT2D eigenvalue weighted by Gasteiger charge is -2.49. The van der Waals surface area contributed by atoms with Gasteiger partial charge in [-0.3, -0.25) is 0 Å². The molecule has 2 N–H and O–H groups in total. The van der Waals surface area contributed by atoms with Gasteiger partial charge >= 0.3 is 0 Å². The highest BCUT2D eigenvalue weighted by Gasteiger charge is 2.44. The molecule has 0 radical (unpaired) electrons. The highest BCUT2D eigenvalue weighted by molar-refractivity contribution is 4.97. The van der Waals surface area contributed by atoms with Crippen LogP contribution in [0.15, 0.2) is 0 Å². The van der Waals surface area contributed by atoms with Crippen molar-refractivity contribution in [3.63, 3.8) is 0 Å². The third-order valence-electron chi connectivity index (χ3n) is 12.1. The fourth-order valence-corrected chi connectivity index (χ4v) is 10.5. The van der Waals surface area contributed by atoms with E-state index >= 15 is 0 Å². The molecule has 0 aromatic rings. The van der Waals surface area contributed by atoms with Crippen molar-refractivity contribution in [3.8, 4) is 0 Å². The first-order valence-electron chi connectivity index (χ1n) is 15.8. The average molecular weight is 455 g/mol. The summed E-state index contributed by atoms with van der Waals surface area (Å²) >= 11 is 0. The molecule has 6 saturated carbocycles. The smallest absolute Gasteiger partial charge is 0.00980 e. The molecule has 2 heteroatoms. The molecule has 0 heterocycles. The van der Waals surface area contributed by atoms with Crippen LogP contribution in [0, 0.1) is 47.3 Å². The minimum atomic E-state index is 0.840. The third kappa shape index (κ3) is 5.23. The van der Waals surface area contributed by atoms with Crippen molar-refractivity contribution in [2.75, 3.05) is 13.1 Å². The average Bonchev–Trinajstić information content (AvgIpc) is 2.86. The zero-order valence-corrected chi connectivity index (χ0v) is 21.6. The van der Waals surface area contributed by atoms with Crippen molar-refractivity contribution in [2.24, 2.45) is 47.3 Å². The van der Waals surface area contributed by atoms with Gasteiger partial charge in [0.2, 0.25) is 0 Å². The molecular weight excluding hydrogens is 400 g/mol. The van der Waals surface area contributed by atoms with Gasteiger partial charge in [0.25, 0.3) is 0 Å². The van der Waals surface area contributed by atoms with Gasteiger partial charge in [-0.1, -0.05) is 77.0 Å². The van der Waals surface area contributed by atoms with Crippen LogP contribution in [0.5, 0.6) is 0 Å². The van der Waals surface area contributed by atoms with E-state index in [2.05, 4.69) is 10.6 Å². The maximum Gasteiger partial charge on any atom is 0.00980 e. The molecule has 0 aliphatic heterocycles. The Morgan fingerprint density at radius 2 is 0.788 bits per heavy atom. The fourth-order valence-electron chi connectivity index (χ4n) is 10.5. The monoisotopic (exact) mass is 454 g/mol. The van der Waals surface area contributed by atoms with Crippen molar-refractivity contribution in [1.82, 2.24) is 10.6 Å². The molecule has 6 fully saturated rings. The summed E-state index contributed by atoms with van der Waals surface area (Å²) in [5.74, 6) is 8.51. The fraction of sp³-hybridized carbons (Fsp3) is 1.00. The second-order valence-electron chi connectivity index (χ2n) is 13.7. The summed E-state index contributed by atoms with van der Waals surface area (Å²) in [6.45, 7) is 2.50. The Labute approximate surface area is 205 Å². The summed E-state index contributed by atoms with van der Waals surface area (Å²) in [5.41, 5.74) is 0. The normalized spacial score (nSPS) is 47.6. The molecule has 0 amide bonds. The Kier molecular flexibility index (Phi) is 7.70. The molecule has 0 spiro atoms. The van der Waals surface area contributed by atoms with Crippen molar-refractivity contribution < 1.29 is 0 Å². The highest BCUT2D eigenvalue weighted by Crippen LogP contribution is 2.51. The summed E-state index contributed by atoms with van der Waals surface area (Å²) in [5, 5.41) is 8.22. The second-order valence-corrected chi connectivity index (χ2v) is 13.7. The van der Waals surface area contributed by atoms with Crippen LogP contribution in [0.2, 0.25) is 0 Å². The summed E-state index contributed by atoms with van der Waals surface area (Å²) in [7, 11) is 0.